The molecule has 0 saturated heterocycles. The van der Waals surface area contributed by atoms with E-state index in [1.165, 1.54) is 6.07 Å². The number of aromatic nitrogens is 3. The van der Waals surface area contributed by atoms with Crippen molar-refractivity contribution in [2.75, 3.05) is 11.9 Å². The maximum absolute atomic E-state index is 14.7. The van der Waals surface area contributed by atoms with Crippen LogP contribution in [-0.2, 0) is 17.8 Å². The van der Waals surface area contributed by atoms with E-state index < -0.39 is 23.7 Å². The van der Waals surface area contributed by atoms with Crippen molar-refractivity contribution in [1.29, 1.82) is 0 Å². The number of benzene rings is 2. The number of halogens is 1. The van der Waals surface area contributed by atoms with E-state index in [-0.39, 0.29) is 11.6 Å². The highest BCUT2D eigenvalue weighted by Gasteiger charge is 2.26. The van der Waals surface area contributed by atoms with Crippen LogP contribution in [0.3, 0.4) is 0 Å². The summed E-state index contributed by atoms with van der Waals surface area (Å²) in [6, 6.07) is 10.3. The van der Waals surface area contributed by atoms with Crippen LogP contribution in [0.15, 0.2) is 42.5 Å². The molecular weight excluding hydrogens is 461 g/mol. The molecule has 2 amide bonds. The topological polar surface area (TPSA) is 98.1 Å². The molecule has 1 unspecified atom stereocenters. The highest BCUT2D eigenvalue weighted by atomic mass is 19.1. The number of aryl methyl sites for hydroxylation is 1. The molecule has 8 nitrogen and oxygen atoms in total. The number of nitrogens with one attached hydrogen (secondary N) is 2. The second-order valence-corrected chi connectivity index (χ2v) is 9.24. The van der Waals surface area contributed by atoms with Gasteiger partial charge in [-0.25, -0.2) is 4.39 Å². The normalized spacial score (nSPS) is 14.0. The molecule has 4 rings (SSSR count). The molecule has 0 spiro atoms. The zero-order chi connectivity index (χ0) is 25.7. The van der Waals surface area contributed by atoms with E-state index >= 15 is 0 Å². The second kappa shape index (κ2) is 11.3. The SMILES string of the molecule is CCOc1ccc(C(=O)NC(C(=O)Nc2cc(-c3nnc4n3CCCCC4)ccc2F)C(C)C)cc1. The smallest absolute Gasteiger partial charge is 0.251 e. The lowest BCUT2D eigenvalue weighted by molar-refractivity contribution is -0.118. The van der Waals surface area contributed by atoms with Crippen molar-refractivity contribution in [3.8, 4) is 17.1 Å². The zero-order valence-corrected chi connectivity index (χ0v) is 20.9. The van der Waals surface area contributed by atoms with Crippen molar-refractivity contribution in [3.05, 3.63) is 59.7 Å². The standard InChI is InChI=1S/C27H32FN5O3/c1-4-36-20-12-9-18(10-13-20)26(34)30-24(17(2)3)27(35)29-22-16-19(11-14-21(22)28)25-32-31-23-8-6-5-7-15-33(23)25/h9-14,16-17,24H,4-8,15H2,1-3H3,(H,29,35)(H,30,34). The van der Waals surface area contributed by atoms with Crippen molar-refractivity contribution in [2.45, 2.75) is 59.0 Å². The molecule has 0 fully saturated rings. The summed E-state index contributed by atoms with van der Waals surface area (Å²) < 4.78 is 22.2. The number of hydrogen-bond donors (Lipinski definition) is 2. The van der Waals surface area contributed by atoms with Crippen LogP contribution in [0.4, 0.5) is 10.1 Å². The summed E-state index contributed by atoms with van der Waals surface area (Å²) in [6.07, 6.45) is 4.10. The monoisotopic (exact) mass is 493 g/mol. The van der Waals surface area contributed by atoms with Crippen molar-refractivity contribution in [2.24, 2.45) is 5.92 Å². The predicted octanol–water partition coefficient (Wildman–Crippen LogP) is 4.60. The van der Waals surface area contributed by atoms with Gasteiger partial charge in [-0.2, -0.15) is 0 Å². The van der Waals surface area contributed by atoms with Crippen LogP contribution in [-0.4, -0.2) is 39.2 Å². The Morgan fingerprint density at radius 2 is 1.86 bits per heavy atom. The quantitative estimate of drug-likeness (QED) is 0.478. The molecule has 1 atom stereocenters. The first-order valence-electron chi connectivity index (χ1n) is 12.4. The molecule has 0 bridgehead atoms. The van der Waals surface area contributed by atoms with E-state index in [1.54, 1.807) is 36.4 Å². The van der Waals surface area contributed by atoms with Crippen LogP contribution in [0.2, 0.25) is 0 Å². The van der Waals surface area contributed by atoms with Gasteiger partial charge in [0.1, 0.15) is 23.4 Å². The van der Waals surface area contributed by atoms with E-state index in [9.17, 15) is 14.0 Å². The fraction of sp³-hybridized carbons (Fsp3) is 0.407. The van der Waals surface area contributed by atoms with E-state index in [0.717, 1.165) is 38.1 Å². The van der Waals surface area contributed by atoms with E-state index in [2.05, 4.69) is 25.4 Å². The number of fused-ring (bicyclic) bond motifs is 1. The third kappa shape index (κ3) is 5.72. The van der Waals surface area contributed by atoms with Crippen LogP contribution < -0.4 is 15.4 Å². The summed E-state index contributed by atoms with van der Waals surface area (Å²) in [7, 11) is 0. The molecule has 190 valence electrons. The molecule has 0 aliphatic carbocycles. The minimum atomic E-state index is -0.864. The molecule has 36 heavy (non-hydrogen) atoms. The molecule has 0 radical (unpaired) electrons. The van der Waals surface area contributed by atoms with Crippen LogP contribution in [0, 0.1) is 11.7 Å². The predicted molar refractivity (Wildman–Crippen MR) is 135 cm³/mol. The molecule has 2 heterocycles. The lowest BCUT2D eigenvalue weighted by Gasteiger charge is -2.22. The Morgan fingerprint density at radius 1 is 1.08 bits per heavy atom. The Labute approximate surface area is 210 Å². The van der Waals surface area contributed by atoms with Gasteiger partial charge in [0, 0.05) is 24.1 Å². The van der Waals surface area contributed by atoms with Gasteiger partial charge in [-0.15, -0.1) is 10.2 Å². The average Bonchev–Trinajstić information content (AvgIpc) is 3.12. The van der Waals surface area contributed by atoms with Crippen LogP contribution in [0.1, 0.15) is 56.2 Å². The van der Waals surface area contributed by atoms with Gasteiger partial charge in [-0.1, -0.05) is 20.3 Å². The third-order valence-corrected chi connectivity index (χ3v) is 6.26. The molecule has 1 aliphatic rings. The fourth-order valence-corrected chi connectivity index (χ4v) is 4.30. The van der Waals surface area contributed by atoms with Crippen molar-refractivity contribution in [3.63, 3.8) is 0 Å². The molecule has 1 aliphatic heterocycles. The van der Waals surface area contributed by atoms with E-state index in [1.807, 2.05) is 20.8 Å². The van der Waals surface area contributed by atoms with Gasteiger partial charge in [-0.05, 0) is 68.1 Å². The first kappa shape index (κ1) is 25.3. The van der Waals surface area contributed by atoms with Crippen molar-refractivity contribution in [1.82, 2.24) is 20.1 Å². The number of rotatable bonds is 8. The second-order valence-electron chi connectivity index (χ2n) is 9.24. The molecule has 0 saturated carbocycles. The summed E-state index contributed by atoms with van der Waals surface area (Å²) in [4.78, 5) is 25.9. The molecule has 1 aromatic heterocycles. The number of carbonyl (C=O) groups excluding carboxylic acids is 2. The Balaban J connectivity index is 1.51. The number of amides is 2. The number of ether oxygens (including phenoxy) is 1. The summed E-state index contributed by atoms with van der Waals surface area (Å²) in [5.74, 6) is 0.555. The number of anilines is 1. The minimum Gasteiger partial charge on any atom is -0.494 e. The highest BCUT2D eigenvalue weighted by Crippen LogP contribution is 2.27. The molecule has 3 aromatic rings. The van der Waals surface area contributed by atoms with E-state index in [0.29, 0.717) is 29.3 Å². The van der Waals surface area contributed by atoms with Crippen LogP contribution >= 0.6 is 0 Å². The third-order valence-electron chi connectivity index (χ3n) is 6.26. The van der Waals surface area contributed by atoms with Gasteiger partial charge in [-0.3, -0.25) is 9.59 Å². The van der Waals surface area contributed by atoms with Crippen LogP contribution in [0.25, 0.3) is 11.4 Å². The lowest BCUT2D eigenvalue weighted by atomic mass is 10.0. The molecule has 2 aromatic carbocycles. The zero-order valence-electron chi connectivity index (χ0n) is 20.9. The summed E-state index contributed by atoms with van der Waals surface area (Å²) in [5, 5.41) is 14.1. The maximum Gasteiger partial charge on any atom is 0.251 e. The summed E-state index contributed by atoms with van der Waals surface area (Å²) in [5.41, 5.74) is 1.11. The van der Waals surface area contributed by atoms with Crippen molar-refractivity contribution < 1.29 is 18.7 Å². The largest absolute Gasteiger partial charge is 0.494 e. The number of carbonyl (C=O) groups is 2. The highest BCUT2D eigenvalue weighted by molar-refractivity contribution is 6.01. The summed E-state index contributed by atoms with van der Waals surface area (Å²) in [6.45, 7) is 6.86. The van der Waals surface area contributed by atoms with Crippen molar-refractivity contribution >= 4 is 17.5 Å². The molecule has 9 heteroatoms. The first-order valence-corrected chi connectivity index (χ1v) is 12.4. The van der Waals surface area contributed by atoms with Gasteiger partial charge < -0.3 is 19.9 Å². The number of hydrogen-bond acceptors (Lipinski definition) is 5. The van der Waals surface area contributed by atoms with Gasteiger partial charge in [0.05, 0.1) is 12.3 Å². The Bertz CT molecular complexity index is 1220. The van der Waals surface area contributed by atoms with Crippen LogP contribution in [0.5, 0.6) is 5.75 Å². The minimum absolute atomic E-state index is 0.0319. The number of nitrogens with zero attached hydrogens (tertiary/aromatic N) is 3. The lowest BCUT2D eigenvalue weighted by Crippen LogP contribution is -2.47. The Hall–Kier alpha value is -3.75. The fourth-order valence-electron chi connectivity index (χ4n) is 4.30. The molecular formula is C27H32FN5O3. The molecule has 2 N–H and O–H groups in total. The van der Waals surface area contributed by atoms with E-state index in [4.69, 9.17) is 4.74 Å². The Morgan fingerprint density at radius 3 is 2.58 bits per heavy atom. The first-order chi connectivity index (χ1) is 17.4. The maximum atomic E-state index is 14.7. The van der Waals surface area contributed by atoms with Gasteiger partial charge >= 0.3 is 0 Å². The van der Waals surface area contributed by atoms with Gasteiger partial charge in [0.25, 0.3) is 5.91 Å². The Kier molecular flexibility index (Phi) is 7.97. The van der Waals surface area contributed by atoms with Gasteiger partial charge in [0.15, 0.2) is 5.82 Å². The average molecular weight is 494 g/mol. The summed E-state index contributed by atoms with van der Waals surface area (Å²) >= 11 is 0. The van der Waals surface area contributed by atoms with Gasteiger partial charge in [0.2, 0.25) is 5.91 Å².